The molecule has 1 aromatic carbocycles. The van der Waals surface area contributed by atoms with Gasteiger partial charge in [-0.05, 0) is 117 Å². The first-order valence-corrected chi connectivity index (χ1v) is 17.3. The van der Waals surface area contributed by atoms with Gasteiger partial charge in [-0.2, -0.15) is 0 Å². The quantitative estimate of drug-likeness (QED) is 0.0388. The third kappa shape index (κ3) is 19.2. The van der Waals surface area contributed by atoms with Crippen LogP contribution >= 0.6 is 0 Å². The maximum atomic E-state index is 13.3. The van der Waals surface area contributed by atoms with Crippen LogP contribution in [0.5, 0.6) is 11.5 Å². The van der Waals surface area contributed by atoms with Crippen LogP contribution in [-0.2, 0) is 20.8 Å². The summed E-state index contributed by atoms with van der Waals surface area (Å²) in [7, 11) is 14.2. The molecule has 0 aliphatic carbocycles. The molecule has 0 bridgehead atoms. The Morgan fingerprint density at radius 3 is 1.94 bits per heavy atom. The second-order valence-electron chi connectivity index (χ2n) is 14.8. The lowest BCUT2D eigenvalue weighted by molar-refractivity contribution is -0.870. The van der Waals surface area contributed by atoms with Gasteiger partial charge >= 0.3 is 0 Å². The highest BCUT2D eigenvalue weighted by Crippen LogP contribution is 2.35. The van der Waals surface area contributed by atoms with E-state index >= 15 is 0 Å². The molecule has 0 saturated heterocycles. The van der Waals surface area contributed by atoms with Gasteiger partial charge in [0.25, 0.3) is 0 Å². The Morgan fingerprint density at radius 1 is 0.878 bits per heavy atom. The van der Waals surface area contributed by atoms with Crippen molar-refractivity contribution in [2.75, 3.05) is 88.6 Å². The van der Waals surface area contributed by atoms with E-state index in [2.05, 4.69) is 37.1 Å². The summed E-state index contributed by atoms with van der Waals surface area (Å²) in [6.07, 6.45) is 6.35. The molecule has 278 valence electrons. The van der Waals surface area contributed by atoms with Crippen molar-refractivity contribution in [2.45, 2.75) is 64.9 Å². The van der Waals surface area contributed by atoms with E-state index in [0.29, 0.717) is 31.6 Å². The lowest BCUT2D eigenvalue weighted by atomic mass is 9.92. The lowest BCUT2D eigenvalue weighted by Crippen LogP contribution is -2.43. The van der Waals surface area contributed by atoms with Crippen molar-refractivity contribution in [3.05, 3.63) is 47.2 Å². The Morgan fingerprint density at radius 2 is 1.43 bits per heavy atom. The van der Waals surface area contributed by atoms with Gasteiger partial charge in [0.1, 0.15) is 11.5 Å². The van der Waals surface area contributed by atoms with Crippen molar-refractivity contribution in [1.82, 2.24) is 25.8 Å². The minimum absolute atomic E-state index is 0.0799. The molecule has 49 heavy (non-hydrogen) atoms. The smallest absolute Gasteiger partial charge is 0.232 e. The number of aliphatic hydroxyl groups excluding tert-OH is 1. The van der Waals surface area contributed by atoms with Crippen molar-refractivity contribution in [1.29, 1.82) is 0 Å². The van der Waals surface area contributed by atoms with Crippen LogP contribution in [0.2, 0.25) is 0 Å². The minimum atomic E-state index is -0.987. The third-order valence-electron chi connectivity index (χ3n) is 7.87. The van der Waals surface area contributed by atoms with E-state index < -0.39 is 11.5 Å². The SMILES string of the molecule is C/C(O)=C\C=C(\CCC(=O)NCCC[N+](C)(C)C)C(C)(C)Oc1cc(CC(C(=O)NCCCN(C)C)C(=O)NCCCN(C)C)ccc1O. The first-order chi connectivity index (χ1) is 22.8. The molecule has 1 aromatic rings. The number of carbonyl (C=O) groups is 3. The van der Waals surface area contributed by atoms with E-state index in [1.54, 1.807) is 31.2 Å². The molecule has 5 N–H and O–H groups in total. The number of phenols is 1. The number of nitrogens with one attached hydrogen (secondary N) is 3. The van der Waals surface area contributed by atoms with Gasteiger partial charge in [-0.15, -0.1) is 0 Å². The molecule has 0 atom stereocenters. The number of aromatic hydroxyl groups is 1. The number of hydrogen-bond donors (Lipinski definition) is 5. The van der Waals surface area contributed by atoms with E-state index in [-0.39, 0.29) is 47.8 Å². The van der Waals surface area contributed by atoms with Gasteiger partial charge in [-0.25, -0.2) is 0 Å². The normalized spacial score (nSPS) is 12.8. The summed E-state index contributed by atoms with van der Waals surface area (Å²) in [6, 6.07) is 4.82. The summed E-state index contributed by atoms with van der Waals surface area (Å²) in [5.74, 6) is -1.58. The molecule has 3 amide bonds. The molecule has 0 unspecified atom stereocenters. The highest BCUT2D eigenvalue weighted by Gasteiger charge is 2.29. The number of allylic oxidation sites excluding steroid dienone is 3. The van der Waals surface area contributed by atoms with Gasteiger partial charge in [0, 0.05) is 32.5 Å². The van der Waals surface area contributed by atoms with Gasteiger partial charge < -0.3 is 45.2 Å². The number of phenolic OH excluding ortho intramolecular Hbond substituents is 1. The average Bonchev–Trinajstić information content (AvgIpc) is 2.98. The number of ether oxygens (including phenoxy) is 1. The highest BCUT2D eigenvalue weighted by molar-refractivity contribution is 6.00. The fourth-order valence-corrected chi connectivity index (χ4v) is 5.03. The number of carbonyl (C=O) groups excluding carboxylic acids is 3. The van der Waals surface area contributed by atoms with E-state index in [1.807, 2.05) is 51.8 Å². The molecule has 0 aromatic heterocycles. The zero-order chi connectivity index (χ0) is 37.2. The largest absolute Gasteiger partial charge is 0.513 e. The molecule has 0 heterocycles. The van der Waals surface area contributed by atoms with Crippen molar-refractivity contribution >= 4 is 17.7 Å². The average molecular weight is 690 g/mol. The molecular formula is C37H65N6O6+. The van der Waals surface area contributed by atoms with Crippen LogP contribution in [0.25, 0.3) is 0 Å². The molecule has 12 heteroatoms. The summed E-state index contributed by atoms with van der Waals surface area (Å²) in [5, 5.41) is 29.5. The third-order valence-corrected chi connectivity index (χ3v) is 7.87. The highest BCUT2D eigenvalue weighted by atomic mass is 16.5. The summed E-state index contributed by atoms with van der Waals surface area (Å²) < 4.78 is 7.19. The number of benzene rings is 1. The van der Waals surface area contributed by atoms with Crippen LogP contribution in [0.1, 0.15) is 58.4 Å². The van der Waals surface area contributed by atoms with Gasteiger partial charge in [0.2, 0.25) is 17.7 Å². The molecular weight excluding hydrogens is 624 g/mol. The second kappa shape index (κ2) is 21.5. The number of aliphatic hydroxyl groups is 1. The Bertz CT molecular complexity index is 1220. The number of amides is 3. The number of nitrogens with zero attached hydrogens (tertiary/aromatic N) is 3. The predicted octanol–water partition coefficient (Wildman–Crippen LogP) is 3.23. The summed E-state index contributed by atoms with van der Waals surface area (Å²) in [6.45, 7) is 9.27. The molecule has 0 saturated carbocycles. The standard InChI is InChI=1S/C37H64N6O6/c1-28(44)14-16-30(17-19-34(46)38-22-13-25-43(8,9)10)37(2,3)49-33-27-29(15-18-32(33)45)26-31(35(47)39-20-11-23-41(4)5)36(48)40-21-12-24-42(6)7/h14-16,18,27,31H,11-13,17,19-26H2,1-10H3,(H4-,38,39,40,44,45,46,47,48)/p+1/b28-14+,30-16-. The number of hydrogen-bond acceptors (Lipinski definition) is 8. The molecule has 1 rings (SSSR count). The summed E-state index contributed by atoms with van der Waals surface area (Å²) in [5.41, 5.74) is 0.392. The van der Waals surface area contributed by atoms with E-state index in [4.69, 9.17) is 4.74 Å². The Balaban J connectivity index is 3.15. The predicted molar refractivity (Wildman–Crippen MR) is 197 cm³/mol. The molecule has 12 nitrogen and oxygen atoms in total. The second-order valence-corrected chi connectivity index (χ2v) is 14.8. The van der Waals surface area contributed by atoms with Gasteiger partial charge in [-0.3, -0.25) is 14.4 Å². The summed E-state index contributed by atoms with van der Waals surface area (Å²) >= 11 is 0. The molecule has 0 aliphatic rings. The van der Waals surface area contributed by atoms with Crippen LogP contribution in [0.15, 0.2) is 41.7 Å². The lowest BCUT2D eigenvalue weighted by Gasteiger charge is -2.30. The Hall–Kier alpha value is -3.61. The Kier molecular flexibility index (Phi) is 19.0. The van der Waals surface area contributed by atoms with Crippen molar-refractivity contribution in [3.63, 3.8) is 0 Å². The fraction of sp³-hybridized carbons (Fsp3) is 0.649. The maximum absolute atomic E-state index is 13.3. The van der Waals surface area contributed by atoms with Crippen molar-refractivity contribution in [3.8, 4) is 11.5 Å². The van der Waals surface area contributed by atoms with Gasteiger partial charge in [0.15, 0.2) is 11.5 Å². The van der Waals surface area contributed by atoms with E-state index in [0.717, 1.165) is 49.0 Å². The van der Waals surface area contributed by atoms with Crippen LogP contribution in [0.4, 0.5) is 0 Å². The fourth-order valence-electron chi connectivity index (χ4n) is 5.03. The topological polar surface area (TPSA) is 143 Å². The van der Waals surface area contributed by atoms with Crippen LogP contribution < -0.4 is 20.7 Å². The molecule has 0 aliphatic heterocycles. The first kappa shape index (κ1) is 43.4. The molecule has 0 radical (unpaired) electrons. The van der Waals surface area contributed by atoms with Crippen LogP contribution in [0.3, 0.4) is 0 Å². The van der Waals surface area contributed by atoms with Crippen molar-refractivity contribution < 1.29 is 33.8 Å². The summed E-state index contributed by atoms with van der Waals surface area (Å²) in [4.78, 5) is 43.3. The van der Waals surface area contributed by atoms with E-state index in [1.165, 1.54) is 6.07 Å². The van der Waals surface area contributed by atoms with Crippen LogP contribution in [-0.4, -0.2) is 136 Å². The monoisotopic (exact) mass is 689 g/mol. The molecule has 0 fully saturated rings. The molecule has 0 spiro atoms. The van der Waals surface area contributed by atoms with Gasteiger partial charge in [-0.1, -0.05) is 12.1 Å². The number of rotatable bonds is 23. The van der Waals surface area contributed by atoms with Crippen molar-refractivity contribution in [2.24, 2.45) is 5.92 Å². The minimum Gasteiger partial charge on any atom is -0.513 e. The number of quaternary nitrogens is 1. The first-order valence-electron chi connectivity index (χ1n) is 17.3. The van der Waals surface area contributed by atoms with Gasteiger partial charge in [0.05, 0.1) is 33.4 Å². The zero-order valence-electron chi connectivity index (χ0n) is 31.8. The van der Waals surface area contributed by atoms with E-state index in [9.17, 15) is 24.6 Å². The Labute approximate surface area is 295 Å². The maximum Gasteiger partial charge on any atom is 0.232 e. The van der Waals surface area contributed by atoms with Crippen LogP contribution in [0, 0.1) is 5.92 Å². The zero-order valence-corrected chi connectivity index (χ0v) is 31.8.